The second kappa shape index (κ2) is 11.6. The van der Waals surface area contributed by atoms with Crippen molar-refractivity contribution in [2.24, 2.45) is 0 Å². The van der Waals surface area contributed by atoms with Crippen molar-refractivity contribution in [1.82, 2.24) is 20.6 Å². The number of nitrogens with one attached hydrogen (secondary N) is 1. The zero-order valence-corrected chi connectivity index (χ0v) is 16.2. The first-order valence-corrected chi connectivity index (χ1v) is 10.1. The Morgan fingerprint density at radius 3 is 2.27 bits per heavy atom. The first kappa shape index (κ1) is 20.3. The molecule has 0 fully saturated rings. The highest BCUT2D eigenvalue weighted by molar-refractivity contribution is 5.95. The number of nitrogens with zero attached hydrogens (tertiary/aromatic N) is 3. The number of tetrazole rings is 1. The molecule has 0 saturated heterocycles. The van der Waals surface area contributed by atoms with Gasteiger partial charge in [0.2, 0.25) is 0 Å². The lowest BCUT2D eigenvalue weighted by atomic mass is 9.88. The van der Waals surface area contributed by atoms with Gasteiger partial charge in [-0.05, 0) is 29.3 Å². The second-order valence-corrected chi connectivity index (χ2v) is 7.10. The first-order chi connectivity index (χ1) is 12.7. The molecule has 5 heteroatoms. The molecule has 1 aromatic carbocycles. The van der Waals surface area contributed by atoms with E-state index < -0.39 is 0 Å². The van der Waals surface area contributed by atoms with Crippen LogP contribution in [0.5, 0.6) is 0 Å². The first-order valence-electron chi connectivity index (χ1n) is 10.1. The molecule has 142 valence electrons. The van der Waals surface area contributed by atoms with Gasteiger partial charge < -0.3 is 0 Å². The summed E-state index contributed by atoms with van der Waals surface area (Å²) in [4.78, 5) is 12.0. The molecule has 0 amide bonds. The number of Topliss-reactive ketones (excluding diaryl/α,β-unsaturated/α-hetero) is 1. The molecule has 0 aliphatic heterocycles. The van der Waals surface area contributed by atoms with Crippen molar-refractivity contribution in [1.29, 1.82) is 0 Å². The molecule has 2 aromatic rings. The third kappa shape index (κ3) is 6.36. The highest BCUT2D eigenvalue weighted by atomic mass is 16.1. The quantitative estimate of drug-likeness (QED) is 0.382. The van der Waals surface area contributed by atoms with E-state index in [1.54, 1.807) is 6.92 Å². The Morgan fingerprint density at radius 2 is 1.65 bits per heavy atom. The number of rotatable bonds is 13. The summed E-state index contributed by atoms with van der Waals surface area (Å²) in [6, 6.07) is 7.81. The molecule has 1 aromatic heterocycles. The van der Waals surface area contributed by atoms with Crippen LogP contribution in [0, 0.1) is 0 Å². The maximum absolute atomic E-state index is 12.0. The predicted octanol–water partition coefficient (Wildman–Crippen LogP) is 5.46. The van der Waals surface area contributed by atoms with Gasteiger partial charge in [0, 0.05) is 11.5 Å². The Morgan fingerprint density at radius 1 is 1.00 bits per heavy atom. The van der Waals surface area contributed by atoms with Crippen LogP contribution in [0.25, 0.3) is 0 Å². The summed E-state index contributed by atoms with van der Waals surface area (Å²) in [7, 11) is 0. The third-order valence-corrected chi connectivity index (χ3v) is 5.00. The van der Waals surface area contributed by atoms with Crippen LogP contribution < -0.4 is 0 Å². The minimum absolute atomic E-state index is 0.0506. The van der Waals surface area contributed by atoms with Crippen LogP contribution in [0.2, 0.25) is 0 Å². The highest BCUT2D eigenvalue weighted by Crippen LogP contribution is 2.30. The average molecular weight is 357 g/mol. The van der Waals surface area contributed by atoms with Crippen molar-refractivity contribution in [2.45, 2.75) is 84.0 Å². The minimum atomic E-state index is 0.0506. The molecule has 0 spiro atoms. The van der Waals surface area contributed by atoms with Crippen LogP contribution in [0.3, 0.4) is 0 Å². The van der Waals surface area contributed by atoms with Crippen LogP contribution in [0.15, 0.2) is 24.3 Å². The maximum Gasteiger partial charge on any atom is 0.160 e. The van der Waals surface area contributed by atoms with Gasteiger partial charge in [0.05, 0.1) is 0 Å². The normalized spacial score (nSPS) is 12.2. The van der Waals surface area contributed by atoms with Gasteiger partial charge >= 0.3 is 0 Å². The van der Waals surface area contributed by atoms with Gasteiger partial charge in [-0.3, -0.25) is 4.79 Å². The Hall–Kier alpha value is -2.04. The number of carbonyl (C=O) groups is 1. The molecule has 0 aliphatic carbocycles. The lowest BCUT2D eigenvalue weighted by Gasteiger charge is -2.17. The Bertz CT molecular complexity index is 639. The van der Waals surface area contributed by atoms with Gasteiger partial charge in [0.25, 0.3) is 0 Å². The molecule has 5 nitrogen and oxygen atoms in total. The molecule has 0 radical (unpaired) electrons. The van der Waals surface area contributed by atoms with Crippen LogP contribution in [-0.2, 0) is 0 Å². The fraction of sp³-hybridized carbons (Fsp3) is 0.619. The molecule has 1 atom stereocenters. The van der Waals surface area contributed by atoms with Crippen LogP contribution in [0.1, 0.15) is 106 Å². The molecule has 1 unspecified atom stereocenters. The highest BCUT2D eigenvalue weighted by Gasteiger charge is 2.21. The number of carbonyl (C=O) groups excluding carboxylic acids is 1. The SMILES string of the molecule is CCCCCCCCCCCC(c1nnn[nH]1)c1ccccc1C(C)=O. The number of aromatic amines is 1. The van der Waals surface area contributed by atoms with E-state index in [0.717, 1.165) is 29.8 Å². The smallest absolute Gasteiger partial charge is 0.160 e. The van der Waals surface area contributed by atoms with E-state index in [4.69, 9.17) is 0 Å². The number of benzene rings is 1. The Labute approximate surface area is 157 Å². The Balaban J connectivity index is 1.87. The van der Waals surface area contributed by atoms with Gasteiger partial charge in [-0.1, -0.05) is 89.0 Å². The number of H-pyrrole nitrogens is 1. The van der Waals surface area contributed by atoms with E-state index in [2.05, 4.69) is 27.5 Å². The van der Waals surface area contributed by atoms with E-state index in [1.807, 2.05) is 24.3 Å². The summed E-state index contributed by atoms with van der Waals surface area (Å²) in [6.45, 7) is 3.87. The monoisotopic (exact) mass is 356 g/mol. The van der Waals surface area contributed by atoms with Gasteiger partial charge in [0.1, 0.15) is 0 Å². The van der Waals surface area contributed by atoms with Crippen LogP contribution in [-0.4, -0.2) is 26.4 Å². The fourth-order valence-corrected chi connectivity index (χ4v) is 3.53. The molecular formula is C21H32N4O. The van der Waals surface area contributed by atoms with E-state index in [-0.39, 0.29) is 11.7 Å². The number of hydrogen-bond donors (Lipinski definition) is 1. The van der Waals surface area contributed by atoms with Gasteiger partial charge in [-0.15, -0.1) is 5.10 Å². The van der Waals surface area contributed by atoms with Crippen molar-refractivity contribution in [3.63, 3.8) is 0 Å². The van der Waals surface area contributed by atoms with Crippen molar-refractivity contribution in [3.8, 4) is 0 Å². The molecule has 2 rings (SSSR count). The standard InChI is InChI=1S/C21H32N4O/c1-3-4-5-6-7-8-9-10-11-16-20(21-22-24-25-23-21)19-15-13-12-14-18(19)17(2)26/h12-15,20H,3-11,16H2,1-2H3,(H,22,23,24,25). The largest absolute Gasteiger partial charge is 0.295 e. The van der Waals surface area contributed by atoms with E-state index >= 15 is 0 Å². The van der Waals surface area contributed by atoms with Gasteiger partial charge in [0.15, 0.2) is 11.6 Å². The summed E-state index contributed by atoms with van der Waals surface area (Å²) < 4.78 is 0. The topological polar surface area (TPSA) is 71.5 Å². The molecule has 26 heavy (non-hydrogen) atoms. The zero-order chi connectivity index (χ0) is 18.6. The molecule has 1 N–H and O–H groups in total. The summed E-state index contributed by atoms with van der Waals surface area (Å²) >= 11 is 0. The lowest BCUT2D eigenvalue weighted by Crippen LogP contribution is -2.09. The molecule has 0 saturated carbocycles. The van der Waals surface area contributed by atoms with Gasteiger partial charge in [-0.25, -0.2) is 5.10 Å². The summed E-state index contributed by atoms with van der Waals surface area (Å²) in [5, 5.41) is 14.5. The lowest BCUT2D eigenvalue weighted by molar-refractivity contribution is 0.101. The predicted molar refractivity (Wildman–Crippen MR) is 104 cm³/mol. The summed E-state index contributed by atoms with van der Waals surface area (Å²) in [5.74, 6) is 0.887. The van der Waals surface area contributed by atoms with Crippen molar-refractivity contribution in [2.75, 3.05) is 0 Å². The van der Waals surface area contributed by atoms with E-state index in [1.165, 1.54) is 51.4 Å². The number of aromatic nitrogens is 4. The molecular weight excluding hydrogens is 324 g/mol. The van der Waals surface area contributed by atoms with E-state index in [9.17, 15) is 4.79 Å². The summed E-state index contributed by atoms with van der Waals surface area (Å²) in [5.41, 5.74) is 1.79. The van der Waals surface area contributed by atoms with E-state index in [0.29, 0.717) is 0 Å². The van der Waals surface area contributed by atoms with Gasteiger partial charge in [-0.2, -0.15) is 0 Å². The second-order valence-electron chi connectivity index (χ2n) is 7.10. The number of hydrogen-bond acceptors (Lipinski definition) is 4. The molecule has 0 bridgehead atoms. The fourth-order valence-electron chi connectivity index (χ4n) is 3.53. The maximum atomic E-state index is 12.0. The molecule has 1 heterocycles. The summed E-state index contributed by atoms with van der Waals surface area (Å²) in [6.07, 6.45) is 12.7. The average Bonchev–Trinajstić information content (AvgIpc) is 3.18. The number of ketones is 1. The van der Waals surface area contributed by atoms with Crippen LogP contribution in [0.4, 0.5) is 0 Å². The van der Waals surface area contributed by atoms with Crippen LogP contribution >= 0.6 is 0 Å². The molecule has 0 aliphatic rings. The zero-order valence-electron chi connectivity index (χ0n) is 16.2. The Kier molecular flexibility index (Phi) is 9.01. The number of unbranched alkanes of at least 4 members (excludes halogenated alkanes) is 8. The minimum Gasteiger partial charge on any atom is -0.295 e. The van der Waals surface area contributed by atoms with Crippen molar-refractivity contribution >= 4 is 5.78 Å². The van der Waals surface area contributed by atoms with Crippen molar-refractivity contribution in [3.05, 3.63) is 41.2 Å². The third-order valence-electron chi connectivity index (χ3n) is 5.00. The van der Waals surface area contributed by atoms with Crippen molar-refractivity contribution < 1.29 is 4.79 Å².